The molecule has 9 heteroatoms. The number of likely N-dealkylation sites (N-methyl/N-ethyl adjacent to an activating group) is 1. The Morgan fingerprint density at radius 3 is 1.09 bits per heavy atom. The number of phosphoric acid groups is 1. The van der Waals surface area contributed by atoms with E-state index in [0.717, 1.165) is 44.9 Å². The third-order valence-electron chi connectivity index (χ3n) is 14.5. The average molecular weight is 1060 g/mol. The summed E-state index contributed by atoms with van der Waals surface area (Å²) in [6.45, 7) is 4.63. The molecule has 2 N–H and O–H groups in total. The molecule has 0 aliphatic heterocycles. The summed E-state index contributed by atoms with van der Waals surface area (Å²) < 4.78 is 23.3. The summed E-state index contributed by atoms with van der Waals surface area (Å²) >= 11 is 0. The van der Waals surface area contributed by atoms with Crippen LogP contribution in [0.2, 0.25) is 0 Å². The van der Waals surface area contributed by atoms with Crippen LogP contribution in [-0.2, 0) is 18.4 Å². The van der Waals surface area contributed by atoms with Crippen molar-refractivity contribution in [1.29, 1.82) is 0 Å². The molecule has 0 aliphatic carbocycles. The number of aliphatic hydroxyl groups is 1. The molecule has 8 nitrogen and oxygen atoms in total. The van der Waals surface area contributed by atoms with Gasteiger partial charge in [0.1, 0.15) is 13.2 Å². The molecule has 0 saturated carbocycles. The summed E-state index contributed by atoms with van der Waals surface area (Å²) in [5.41, 5.74) is 0. The number of carbonyl (C=O) groups excluding carboxylic acids is 1. The van der Waals surface area contributed by atoms with E-state index in [1.165, 1.54) is 244 Å². The van der Waals surface area contributed by atoms with Crippen LogP contribution in [0.3, 0.4) is 0 Å². The van der Waals surface area contributed by atoms with Crippen molar-refractivity contribution in [2.45, 2.75) is 321 Å². The van der Waals surface area contributed by atoms with Gasteiger partial charge in [0.05, 0.1) is 39.9 Å². The van der Waals surface area contributed by atoms with E-state index in [0.29, 0.717) is 17.4 Å². The molecule has 0 aromatic rings. The number of carbonyl (C=O) groups is 1. The van der Waals surface area contributed by atoms with Crippen LogP contribution in [0.25, 0.3) is 0 Å². The number of nitrogens with one attached hydrogen (secondary N) is 1. The molecule has 0 aromatic carbocycles. The first-order valence-electron chi connectivity index (χ1n) is 32.0. The van der Waals surface area contributed by atoms with E-state index in [1.54, 1.807) is 6.08 Å². The van der Waals surface area contributed by atoms with E-state index in [2.05, 4.69) is 55.6 Å². The number of allylic oxidation sites excluding steroid dienone is 7. The van der Waals surface area contributed by atoms with Gasteiger partial charge in [-0.1, -0.05) is 281 Å². The first-order valence-corrected chi connectivity index (χ1v) is 33.5. The standard InChI is InChI=1S/C65H125N2O6P/c1-6-8-10-12-14-16-18-20-22-23-24-25-26-27-28-29-30-31-32-33-34-35-36-37-38-39-40-41-42-43-45-47-49-51-53-55-57-59-65(69)66-63(62-73-74(70,71)72-61-60-67(3,4)5)64(68)58-56-54-52-50-48-46-44-21-19-17-15-13-11-9-7-2/h19,21,31-32,48,50,56,58,63-64,68H,6-18,20,22-30,33-47,49,51-55,57,59-62H2,1-5H3,(H-,66,69,70,71)/b21-19+,32-31-,50-48+,58-56+. The number of phosphoric ester groups is 1. The topological polar surface area (TPSA) is 108 Å². The smallest absolute Gasteiger partial charge is 0.268 e. The molecule has 0 radical (unpaired) electrons. The van der Waals surface area contributed by atoms with Gasteiger partial charge in [0.25, 0.3) is 7.82 Å². The summed E-state index contributed by atoms with van der Waals surface area (Å²) in [6.07, 6.45) is 75.2. The van der Waals surface area contributed by atoms with E-state index >= 15 is 0 Å². The zero-order chi connectivity index (χ0) is 54.2. The van der Waals surface area contributed by atoms with Crippen LogP contribution in [-0.4, -0.2) is 68.5 Å². The fraction of sp³-hybridized carbons (Fsp3) is 0.862. The summed E-state index contributed by atoms with van der Waals surface area (Å²) in [4.78, 5) is 25.5. The van der Waals surface area contributed by atoms with Crippen LogP contribution in [0, 0.1) is 0 Å². The van der Waals surface area contributed by atoms with E-state index in [-0.39, 0.29) is 12.5 Å². The predicted octanol–water partition coefficient (Wildman–Crippen LogP) is 19.2. The van der Waals surface area contributed by atoms with Crippen LogP contribution >= 0.6 is 7.82 Å². The van der Waals surface area contributed by atoms with E-state index in [4.69, 9.17) is 9.05 Å². The number of unbranched alkanes of at least 4 members (excludes halogenated alkanes) is 40. The second-order valence-corrected chi connectivity index (χ2v) is 24.5. The van der Waals surface area contributed by atoms with Gasteiger partial charge in [-0.3, -0.25) is 9.36 Å². The van der Waals surface area contributed by atoms with Crippen molar-refractivity contribution in [3.8, 4) is 0 Å². The summed E-state index contributed by atoms with van der Waals surface area (Å²) in [5.74, 6) is -0.208. The number of hydrogen-bond acceptors (Lipinski definition) is 6. The van der Waals surface area contributed by atoms with Gasteiger partial charge in [0.2, 0.25) is 5.91 Å². The molecule has 0 fully saturated rings. The number of quaternary nitrogens is 1. The lowest BCUT2D eigenvalue weighted by atomic mass is 10.0. The minimum absolute atomic E-state index is 0.00871. The van der Waals surface area contributed by atoms with E-state index < -0.39 is 26.6 Å². The molecule has 0 rings (SSSR count). The summed E-state index contributed by atoms with van der Waals surface area (Å²) in [6, 6.07) is -0.909. The highest BCUT2D eigenvalue weighted by atomic mass is 31.2. The zero-order valence-corrected chi connectivity index (χ0v) is 50.7. The highest BCUT2D eigenvalue weighted by Gasteiger charge is 2.23. The maximum atomic E-state index is 13.0. The van der Waals surface area contributed by atoms with Gasteiger partial charge in [0, 0.05) is 6.42 Å². The van der Waals surface area contributed by atoms with E-state index in [1.807, 2.05) is 27.2 Å². The van der Waals surface area contributed by atoms with Crippen molar-refractivity contribution in [3.05, 3.63) is 48.6 Å². The number of nitrogens with zero attached hydrogens (tertiary/aromatic N) is 1. The Morgan fingerprint density at radius 2 is 0.757 bits per heavy atom. The number of hydrogen-bond donors (Lipinski definition) is 2. The van der Waals surface area contributed by atoms with Gasteiger partial charge in [-0.25, -0.2) is 0 Å². The molecular weight excluding hydrogens is 936 g/mol. The molecule has 3 atom stereocenters. The van der Waals surface area contributed by atoms with E-state index in [9.17, 15) is 19.4 Å². The Labute approximate surface area is 460 Å². The lowest BCUT2D eigenvalue weighted by Gasteiger charge is -2.29. The highest BCUT2D eigenvalue weighted by molar-refractivity contribution is 7.45. The zero-order valence-electron chi connectivity index (χ0n) is 49.8. The maximum Gasteiger partial charge on any atom is 0.268 e. The molecule has 1 amide bonds. The molecule has 0 aliphatic rings. The quantitative estimate of drug-likeness (QED) is 0.0272. The first-order chi connectivity index (χ1) is 36.0. The van der Waals surface area contributed by atoms with Crippen LogP contribution < -0.4 is 10.2 Å². The van der Waals surface area contributed by atoms with Crippen molar-refractivity contribution in [3.63, 3.8) is 0 Å². The third kappa shape index (κ3) is 58.1. The second-order valence-electron chi connectivity index (χ2n) is 23.1. The Morgan fingerprint density at radius 1 is 0.459 bits per heavy atom. The van der Waals surface area contributed by atoms with Crippen LogP contribution in [0.15, 0.2) is 48.6 Å². The maximum absolute atomic E-state index is 13.0. The lowest BCUT2D eigenvalue weighted by molar-refractivity contribution is -0.870. The molecule has 0 heterocycles. The normalized spacial score (nSPS) is 14.1. The molecule has 0 saturated heterocycles. The largest absolute Gasteiger partial charge is 0.756 e. The number of amides is 1. The monoisotopic (exact) mass is 1060 g/mol. The van der Waals surface area contributed by atoms with Crippen molar-refractivity contribution >= 4 is 13.7 Å². The molecule has 0 aromatic heterocycles. The molecule has 0 spiro atoms. The van der Waals surface area contributed by atoms with Gasteiger partial charge in [-0.2, -0.15) is 0 Å². The molecule has 3 unspecified atom stereocenters. The minimum Gasteiger partial charge on any atom is -0.756 e. The van der Waals surface area contributed by atoms with Crippen molar-refractivity contribution in [2.75, 3.05) is 40.9 Å². The van der Waals surface area contributed by atoms with Crippen LogP contribution in [0.1, 0.15) is 309 Å². The van der Waals surface area contributed by atoms with Crippen molar-refractivity contribution < 1.29 is 32.9 Å². The molecule has 436 valence electrons. The lowest BCUT2D eigenvalue weighted by Crippen LogP contribution is -2.45. The second kappa shape index (κ2) is 56.2. The average Bonchev–Trinajstić information content (AvgIpc) is 3.36. The van der Waals surface area contributed by atoms with Gasteiger partial charge in [-0.15, -0.1) is 0 Å². The van der Waals surface area contributed by atoms with Gasteiger partial charge >= 0.3 is 0 Å². The Kier molecular flexibility index (Phi) is 55.0. The fourth-order valence-electron chi connectivity index (χ4n) is 9.48. The first kappa shape index (κ1) is 72.5. The SMILES string of the molecule is CCCCCCC/C=C/CC/C=C/CC/C=C/C(O)C(COP(=O)([O-])OCC[N+](C)(C)C)NC(=O)CCCCCCCCCCCCCCCCCCC/C=C\CCCCCCCCCCCCCCCCCC. The molecule has 74 heavy (non-hydrogen) atoms. The number of aliphatic hydroxyl groups excluding tert-OH is 1. The van der Waals surface area contributed by atoms with Gasteiger partial charge < -0.3 is 28.8 Å². The summed E-state index contributed by atoms with van der Waals surface area (Å²) in [5, 5.41) is 13.8. The highest BCUT2D eigenvalue weighted by Crippen LogP contribution is 2.38. The minimum atomic E-state index is -4.61. The third-order valence-corrected chi connectivity index (χ3v) is 15.5. The summed E-state index contributed by atoms with van der Waals surface area (Å²) in [7, 11) is 1.24. The van der Waals surface area contributed by atoms with Gasteiger partial charge in [0.15, 0.2) is 0 Å². The Bertz CT molecular complexity index is 1340. The Hall–Kier alpha value is -1.54. The molecular formula is C65H125N2O6P. The predicted molar refractivity (Wildman–Crippen MR) is 321 cm³/mol. The fourth-order valence-corrected chi connectivity index (χ4v) is 10.2. The Balaban J connectivity index is 3.96. The van der Waals surface area contributed by atoms with Crippen LogP contribution in [0.4, 0.5) is 0 Å². The molecule has 0 bridgehead atoms. The number of rotatable bonds is 59. The van der Waals surface area contributed by atoms with Crippen molar-refractivity contribution in [1.82, 2.24) is 5.32 Å². The van der Waals surface area contributed by atoms with Gasteiger partial charge in [-0.05, 0) is 70.6 Å². The van der Waals surface area contributed by atoms with Crippen LogP contribution in [0.5, 0.6) is 0 Å². The van der Waals surface area contributed by atoms with Crippen molar-refractivity contribution in [2.24, 2.45) is 0 Å².